The second kappa shape index (κ2) is 9.60. The van der Waals surface area contributed by atoms with Crippen LogP contribution in [-0.2, 0) is 4.79 Å². The van der Waals surface area contributed by atoms with Crippen LogP contribution in [0.5, 0.6) is 5.75 Å². The lowest BCUT2D eigenvalue weighted by molar-refractivity contribution is -0.117. The SMILES string of the molecule is CC[C@@H](C)c1ccccc1NC(=O)CN1CCN(c2ccccc2OC)CC1. The van der Waals surface area contributed by atoms with Gasteiger partial charge in [0.05, 0.1) is 19.3 Å². The molecule has 3 rings (SSSR count). The van der Waals surface area contributed by atoms with Gasteiger partial charge in [0.1, 0.15) is 5.75 Å². The number of hydrogen-bond acceptors (Lipinski definition) is 4. The number of nitrogens with zero attached hydrogens (tertiary/aromatic N) is 2. The molecular formula is C23H31N3O2. The van der Waals surface area contributed by atoms with Gasteiger partial charge in [-0.1, -0.05) is 44.2 Å². The van der Waals surface area contributed by atoms with Crippen LogP contribution in [0.4, 0.5) is 11.4 Å². The van der Waals surface area contributed by atoms with E-state index in [1.165, 1.54) is 5.56 Å². The van der Waals surface area contributed by atoms with Gasteiger partial charge in [-0.15, -0.1) is 0 Å². The fraction of sp³-hybridized carbons (Fsp3) is 0.435. The van der Waals surface area contributed by atoms with Crippen LogP contribution in [0.2, 0.25) is 0 Å². The molecule has 0 radical (unpaired) electrons. The van der Waals surface area contributed by atoms with E-state index < -0.39 is 0 Å². The van der Waals surface area contributed by atoms with Crippen LogP contribution in [0.15, 0.2) is 48.5 Å². The summed E-state index contributed by atoms with van der Waals surface area (Å²) >= 11 is 0. The van der Waals surface area contributed by atoms with Gasteiger partial charge in [-0.25, -0.2) is 0 Å². The number of benzene rings is 2. The number of methoxy groups -OCH3 is 1. The van der Waals surface area contributed by atoms with Crippen molar-refractivity contribution in [2.45, 2.75) is 26.2 Å². The van der Waals surface area contributed by atoms with Crippen molar-refractivity contribution < 1.29 is 9.53 Å². The summed E-state index contributed by atoms with van der Waals surface area (Å²) < 4.78 is 5.48. The molecule has 0 bridgehead atoms. The van der Waals surface area contributed by atoms with E-state index in [0.29, 0.717) is 12.5 Å². The topological polar surface area (TPSA) is 44.8 Å². The Morgan fingerprint density at radius 3 is 2.46 bits per heavy atom. The van der Waals surface area contributed by atoms with E-state index in [2.05, 4.69) is 41.1 Å². The molecular weight excluding hydrogens is 350 g/mol. The molecule has 0 aromatic heterocycles. The Bertz CT molecular complexity index is 785. The lowest BCUT2D eigenvalue weighted by atomic mass is 9.97. The Balaban J connectivity index is 1.55. The summed E-state index contributed by atoms with van der Waals surface area (Å²) in [6.45, 7) is 8.28. The van der Waals surface area contributed by atoms with Crippen molar-refractivity contribution in [2.75, 3.05) is 50.1 Å². The molecule has 5 heteroatoms. The molecule has 1 heterocycles. The van der Waals surface area contributed by atoms with Gasteiger partial charge in [-0.2, -0.15) is 0 Å². The molecule has 1 atom stereocenters. The Morgan fingerprint density at radius 1 is 1.07 bits per heavy atom. The molecule has 5 nitrogen and oxygen atoms in total. The zero-order chi connectivity index (χ0) is 19.9. The number of ether oxygens (including phenoxy) is 1. The first-order valence-electron chi connectivity index (χ1n) is 10.1. The minimum absolute atomic E-state index is 0.0569. The normalized spacial score (nSPS) is 15.9. The molecule has 1 N–H and O–H groups in total. The maximum Gasteiger partial charge on any atom is 0.238 e. The molecule has 0 unspecified atom stereocenters. The van der Waals surface area contributed by atoms with Gasteiger partial charge in [0, 0.05) is 31.9 Å². The summed E-state index contributed by atoms with van der Waals surface area (Å²) in [6, 6.07) is 16.2. The van der Waals surface area contributed by atoms with Crippen molar-refractivity contribution >= 4 is 17.3 Å². The second-order valence-corrected chi connectivity index (χ2v) is 7.38. The van der Waals surface area contributed by atoms with Gasteiger partial charge < -0.3 is 15.0 Å². The summed E-state index contributed by atoms with van der Waals surface area (Å²) in [5.74, 6) is 1.39. The van der Waals surface area contributed by atoms with E-state index in [4.69, 9.17) is 4.74 Å². The first kappa shape index (κ1) is 20.2. The molecule has 1 fully saturated rings. The molecule has 1 aliphatic heterocycles. The number of hydrogen-bond donors (Lipinski definition) is 1. The van der Waals surface area contributed by atoms with Crippen molar-refractivity contribution in [1.29, 1.82) is 0 Å². The van der Waals surface area contributed by atoms with Gasteiger partial charge >= 0.3 is 0 Å². The van der Waals surface area contributed by atoms with E-state index >= 15 is 0 Å². The summed E-state index contributed by atoms with van der Waals surface area (Å²) in [5.41, 5.74) is 3.27. The Morgan fingerprint density at radius 2 is 1.75 bits per heavy atom. The number of piperazine rings is 1. The van der Waals surface area contributed by atoms with Crippen molar-refractivity contribution in [3.8, 4) is 5.75 Å². The highest BCUT2D eigenvalue weighted by atomic mass is 16.5. The standard InChI is InChI=1S/C23H31N3O2/c1-4-18(2)19-9-5-6-10-20(19)24-23(27)17-25-13-15-26(16-14-25)21-11-7-8-12-22(21)28-3/h5-12,18H,4,13-17H2,1-3H3,(H,24,27)/t18-/m1/s1. The minimum Gasteiger partial charge on any atom is -0.495 e. The first-order chi connectivity index (χ1) is 13.6. The van der Waals surface area contributed by atoms with E-state index in [1.807, 2.05) is 36.4 Å². The molecule has 0 aliphatic carbocycles. The third kappa shape index (κ3) is 4.84. The molecule has 1 amide bonds. The number of carbonyl (C=O) groups is 1. The van der Waals surface area contributed by atoms with Crippen molar-refractivity contribution in [3.05, 3.63) is 54.1 Å². The van der Waals surface area contributed by atoms with Crippen LogP contribution >= 0.6 is 0 Å². The van der Waals surface area contributed by atoms with E-state index in [-0.39, 0.29) is 5.91 Å². The fourth-order valence-corrected chi connectivity index (χ4v) is 3.69. The third-order valence-corrected chi connectivity index (χ3v) is 5.54. The van der Waals surface area contributed by atoms with Gasteiger partial charge in [-0.3, -0.25) is 9.69 Å². The summed E-state index contributed by atoms with van der Waals surface area (Å²) in [5, 5.41) is 3.12. The largest absolute Gasteiger partial charge is 0.495 e. The number of rotatable bonds is 7. The number of nitrogens with one attached hydrogen (secondary N) is 1. The predicted octanol–water partition coefficient (Wildman–Crippen LogP) is 3.97. The Labute approximate surface area is 168 Å². The smallest absolute Gasteiger partial charge is 0.238 e. The Hall–Kier alpha value is -2.53. The van der Waals surface area contributed by atoms with Crippen molar-refractivity contribution in [3.63, 3.8) is 0 Å². The highest BCUT2D eigenvalue weighted by Crippen LogP contribution is 2.29. The number of para-hydroxylation sites is 3. The minimum atomic E-state index is 0.0569. The van der Waals surface area contributed by atoms with Crippen LogP contribution in [-0.4, -0.2) is 50.6 Å². The maximum absolute atomic E-state index is 12.6. The monoisotopic (exact) mass is 381 g/mol. The van der Waals surface area contributed by atoms with Crippen LogP contribution < -0.4 is 15.0 Å². The van der Waals surface area contributed by atoms with Crippen molar-refractivity contribution in [1.82, 2.24) is 4.90 Å². The second-order valence-electron chi connectivity index (χ2n) is 7.38. The number of carbonyl (C=O) groups excluding carboxylic acids is 1. The first-order valence-corrected chi connectivity index (χ1v) is 10.1. The van der Waals surface area contributed by atoms with Crippen LogP contribution in [0.25, 0.3) is 0 Å². The molecule has 28 heavy (non-hydrogen) atoms. The number of amides is 1. The zero-order valence-electron chi connectivity index (χ0n) is 17.1. The van der Waals surface area contributed by atoms with Gasteiger partial charge in [0.15, 0.2) is 0 Å². The molecule has 1 aliphatic rings. The third-order valence-electron chi connectivity index (χ3n) is 5.54. The van der Waals surface area contributed by atoms with E-state index in [9.17, 15) is 4.79 Å². The summed E-state index contributed by atoms with van der Waals surface area (Å²) in [6.07, 6.45) is 1.05. The quantitative estimate of drug-likeness (QED) is 0.788. The fourth-order valence-electron chi connectivity index (χ4n) is 3.69. The zero-order valence-corrected chi connectivity index (χ0v) is 17.1. The van der Waals surface area contributed by atoms with Gasteiger partial charge in [0.25, 0.3) is 0 Å². The predicted molar refractivity (Wildman–Crippen MR) is 115 cm³/mol. The van der Waals surface area contributed by atoms with E-state index in [0.717, 1.165) is 49.7 Å². The molecule has 150 valence electrons. The molecule has 0 saturated carbocycles. The Kier molecular flexibility index (Phi) is 6.93. The maximum atomic E-state index is 12.6. The lowest BCUT2D eigenvalue weighted by Crippen LogP contribution is -2.48. The van der Waals surface area contributed by atoms with E-state index in [1.54, 1.807) is 7.11 Å². The van der Waals surface area contributed by atoms with Crippen LogP contribution in [0, 0.1) is 0 Å². The molecule has 0 spiro atoms. The number of anilines is 2. The lowest BCUT2D eigenvalue weighted by Gasteiger charge is -2.36. The van der Waals surface area contributed by atoms with Crippen LogP contribution in [0.3, 0.4) is 0 Å². The molecule has 2 aromatic rings. The highest BCUT2D eigenvalue weighted by molar-refractivity contribution is 5.93. The molecule has 2 aromatic carbocycles. The summed E-state index contributed by atoms with van der Waals surface area (Å²) in [7, 11) is 1.71. The average molecular weight is 382 g/mol. The molecule has 1 saturated heterocycles. The summed E-state index contributed by atoms with van der Waals surface area (Å²) in [4.78, 5) is 17.1. The van der Waals surface area contributed by atoms with Crippen molar-refractivity contribution in [2.24, 2.45) is 0 Å². The highest BCUT2D eigenvalue weighted by Gasteiger charge is 2.21. The van der Waals surface area contributed by atoms with Crippen LogP contribution in [0.1, 0.15) is 31.7 Å². The average Bonchev–Trinajstić information content (AvgIpc) is 2.74. The van der Waals surface area contributed by atoms with Gasteiger partial charge in [-0.05, 0) is 36.1 Å². The van der Waals surface area contributed by atoms with Gasteiger partial charge in [0.2, 0.25) is 5.91 Å².